The van der Waals surface area contributed by atoms with Gasteiger partial charge < -0.3 is 10.6 Å². The minimum Gasteiger partial charge on any atom is -0.351 e. The Morgan fingerprint density at radius 3 is 2.37 bits per heavy atom. The second-order valence-corrected chi connectivity index (χ2v) is 6.73. The average molecular weight is 378 g/mol. The van der Waals surface area contributed by atoms with Crippen molar-refractivity contribution in [2.24, 2.45) is 5.92 Å². The molecule has 0 bridgehead atoms. The normalized spacial score (nSPS) is 12.7. The molecule has 4 nitrogen and oxygen atoms in total. The van der Waals surface area contributed by atoms with Gasteiger partial charge >= 0.3 is 0 Å². The SMILES string of the molecule is C/C=C\CNC(=O)C(Cc1cc(F)cc(F)c1)NC(=O)/C=C/CCC(C)C. The van der Waals surface area contributed by atoms with Crippen LogP contribution in [0.3, 0.4) is 0 Å². The molecule has 0 aliphatic rings. The van der Waals surface area contributed by atoms with Gasteiger partial charge in [0.2, 0.25) is 11.8 Å². The van der Waals surface area contributed by atoms with Crippen molar-refractivity contribution in [1.29, 1.82) is 0 Å². The Bertz CT molecular complexity index is 665. The molecule has 0 spiro atoms. The minimum absolute atomic E-state index is 0.0120. The van der Waals surface area contributed by atoms with E-state index in [2.05, 4.69) is 24.5 Å². The highest BCUT2D eigenvalue weighted by Crippen LogP contribution is 2.11. The lowest BCUT2D eigenvalue weighted by molar-refractivity contribution is -0.126. The van der Waals surface area contributed by atoms with Crippen LogP contribution in [0, 0.1) is 17.6 Å². The molecular weight excluding hydrogens is 350 g/mol. The van der Waals surface area contributed by atoms with Crippen molar-refractivity contribution in [3.63, 3.8) is 0 Å². The predicted octanol–water partition coefficient (Wildman–Crippen LogP) is 3.68. The summed E-state index contributed by atoms with van der Waals surface area (Å²) in [7, 11) is 0. The van der Waals surface area contributed by atoms with Crippen LogP contribution in [-0.2, 0) is 16.0 Å². The molecule has 0 aliphatic heterocycles. The zero-order chi connectivity index (χ0) is 20.2. The van der Waals surface area contributed by atoms with Gasteiger partial charge in [0.1, 0.15) is 17.7 Å². The third-order valence-electron chi connectivity index (χ3n) is 3.80. The number of halogens is 2. The van der Waals surface area contributed by atoms with Crippen molar-refractivity contribution in [3.8, 4) is 0 Å². The maximum atomic E-state index is 13.4. The molecule has 6 heteroatoms. The first-order chi connectivity index (χ1) is 12.8. The number of allylic oxidation sites excluding steroid dienone is 2. The van der Waals surface area contributed by atoms with Crippen molar-refractivity contribution < 1.29 is 18.4 Å². The van der Waals surface area contributed by atoms with E-state index in [1.165, 1.54) is 6.08 Å². The highest BCUT2D eigenvalue weighted by Gasteiger charge is 2.20. The number of hydrogen-bond donors (Lipinski definition) is 2. The van der Waals surface area contributed by atoms with E-state index in [-0.39, 0.29) is 6.42 Å². The molecule has 0 saturated heterocycles. The number of hydrogen-bond acceptors (Lipinski definition) is 2. The van der Waals surface area contributed by atoms with Crippen molar-refractivity contribution in [3.05, 3.63) is 59.7 Å². The largest absolute Gasteiger partial charge is 0.351 e. The summed E-state index contributed by atoms with van der Waals surface area (Å²) in [4.78, 5) is 24.5. The van der Waals surface area contributed by atoms with Gasteiger partial charge in [-0.25, -0.2) is 8.78 Å². The van der Waals surface area contributed by atoms with Gasteiger partial charge in [0.25, 0.3) is 0 Å². The topological polar surface area (TPSA) is 58.2 Å². The summed E-state index contributed by atoms with van der Waals surface area (Å²) in [6.07, 6.45) is 8.39. The molecule has 2 N–H and O–H groups in total. The third kappa shape index (κ3) is 9.68. The van der Waals surface area contributed by atoms with E-state index < -0.39 is 29.5 Å². The van der Waals surface area contributed by atoms with Crippen LogP contribution in [0.5, 0.6) is 0 Å². The van der Waals surface area contributed by atoms with Gasteiger partial charge in [-0.2, -0.15) is 0 Å². The fourth-order valence-electron chi connectivity index (χ4n) is 2.41. The molecule has 0 aromatic heterocycles. The fourth-order valence-corrected chi connectivity index (χ4v) is 2.41. The number of benzene rings is 1. The number of nitrogens with one attached hydrogen (secondary N) is 2. The summed E-state index contributed by atoms with van der Waals surface area (Å²) in [5.74, 6) is -1.75. The lowest BCUT2D eigenvalue weighted by atomic mass is 10.0. The predicted molar refractivity (Wildman–Crippen MR) is 103 cm³/mol. The van der Waals surface area contributed by atoms with E-state index in [1.54, 1.807) is 18.2 Å². The fraction of sp³-hybridized carbons (Fsp3) is 0.429. The van der Waals surface area contributed by atoms with E-state index in [0.717, 1.165) is 31.0 Å². The molecular formula is C21H28F2N2O2. The maximum absolute atomic E-state index is 13.4. The summed E-state index contributed by atoms with van der Waals surface area (Å²) in [5, 5.41) is 5.28. The first-order valence-electron chi connectivity index (χ1n) is 9.12. The average Bonchev–Trinajstić information content (AvgIpc) is 2.57. The van der Waals surface area contributed by atoms with Crippen LogP contribution in [0.1, 0.15) is 39.2 Å². The summed E-state index contributed by atoms with van der Waals surface area (Å²) < 4.78 is 26.8. The molecule has 0 heterocycles. The molecule has 1 aromatic rings. The van der Waals surface area contributed by atoms with Gasteiger partial charge in [0.05, 0.1) is 0 Å². The second kappa shape index (κ2) is 12.0. The Kier molecular flexibility index (Phi) is 10.0. The van der Waals surface area contributed by atoms with Crippen molar-refractivity contribution >= 4 is 11.8 Å². The summed E-state index contributed by atoms with van der Waals surface area (Å²) >= 11 is 0. The Morgan fingerprint density at radius 2 is 1.78 bits per heavy atom. The Labute approximate surface area is 159 Å². The number of rotatable bonds is 10. The number of carbonyl (C=O) groups excluding carboxylic acids is 2. The number of amides is 2. The van der Waals surface area contributed by atoms with Crippen LogP contribution < -0.4 is 10.6 Å². The van der Waals surface area contributed by atoms with E-state index in [1.807, 2.05) is 6.92 Å². The quantitative estimate of drug-likeness (QED) is 0.482. The summed E-state index contributed by atoms with van der Waals surface area (Å²) in [5.41, 5.74) is 0.294. The van der Waals surface area contributed by atoms with Crippen LogP contribution in [-0.4, -0.2) is 24.4 Å². The van der Waals surface area contributed by atoms with Gasteiger partial charge in [0.15, 0.2) is 0 Å². The van der Waals surface area contributed by atoms with E-state index in [9.17, 15) is 18.4 Å². The second-order valence-electron chi connectivity index (χ2n) is 6.73. The molecule has 148 valence electrons. The van der Waals surface area contributed by atoms with Gasteiger partial charge in [-0.1, -0.05) is 32.1 Å². The van der Waals surface area contributed by atoms with Crippen molar-refractivity contribution in [1.82, 2.24) is 10.6 Å². The zero-order valence-electron chi connectivity index (χ0n) is 16.1. The molecule has 1 unspecified atom stereocenters. The molecule has 27 heavy (non-hydrogen) atoms. The van der Waals surface area contributed by atoms with E-state index in [4.69, 9.17) is 0 Å². The van der Waals surface area contributed by atoms with Crippen LogP contribution in [0.25, 0.3) is 0 Å². The van der Waals surface area contributed by atoms with Crippen LogP contribution in [0.4, 0.5) is 8.78 Å². The first kappa shape index (κ1) is 22.5. The lowest BCUT2D eigenvalue weighted by Gasteiger charge is -2.17. The van der Waals surface area contributed by atoms with E-state index >= 15 is 0 Å². The van der Waals surface area contributed by atoms with Crippen molar-refractivity contribution in [2.45, 2.75) is 46.1 Å². The van der Waals surface area contributed by atoms with Gasteiger partial charge in [0, 0.05) is 19.0 Å². The minimum atomic E-state index is -0.932. The molecule has 0 radical (unpaired) electrons. The molecule has 2 amide bonds. The standard InChI is InChI=1S/C21H28F2N2O2/c1-4-5-10-24-21(27)19(13-16-11-17(22)14-18(23)12-16)25-20(26)9-7-6-8-15(2)3/h4-5,7,9,11-12,14-15,19H,6,8,10,13H2,1-3H3,(H,24,27)(H,25,26)/b5-4-,9-7+. The van der Waals surface area contributed by atoms with E-state index in [0.29, 0.717) is 18.0 Å². The van der Waals surface area contributed by atoms with Gasteiger partial charge in [-0.15, -0.1) is 0 Å². The first-order valence-corrected chi connectivity index (χ1v) is 9.12. The molecule has 0 fully saturated rings. The monoisotopic (exact) mass is 378 g/mol. The molecule has 1 rings (SSSR count). The molecule has 0 saturated carbocycles. The zero-order valence-corrected chi connectivity index (χ0v) is 16.1. The summed E-state index contributed by atoms with van der Waals surface area (Å²) in [6, 6.07) is 2.14. The van der Waals surface area contributed by atoms with Gasteiger partial charge in [-0.3, -0.25) is 9.59 Å². The van der Waals surface area contributed by atoms with Crippen LogP contribution >= 0.6 is 0 Å². The highest BCUT2D eigenvalue weighted by molar-refractivity contribution is 5.93. The summed E-state index contributed by atoms with van der Waals surface area (Å²) in [6.45, 7) is 6.32. The third-order valence-corrected chi connectivity index (χ3v) is 3.80. The van der Waals surface area contributed by atoms with Gasteiger partial charge in [-0.05, 0) is 49.5 Å². The smallest absolute Gasteiger partial charge is 0.244 e. The van der Waals surface area contributed by atoms with Crippen LogP contribution in [0.15, 0.2) is 42.5 Å². The van der Waals surface area contributed by atoms with Crippen molar-refractivity contribution in [2.75, 3.05) is 6.54 Å². The highest BCUT2D eigenvalue weighted by atomic mass is 19.1. The Morgan fingerprint density at radius 1 is 1.11 bits per heavy atom. The molecule has 1 aromatic carbocycles. The number of carbonyl (C=O) groups is 2. The Hall–Kier alpha value is -2.50. The maximum Gasteiger partial charge on any atom is 0.244 e. The van der Waals surface area contributed by atoms with Crippen LogP contribution in [0.2, 0.25) is 0 Å². The lowest BCUT2D eigenvalue weighted by Crippen LogP contribution is -2.47. The Balaban J connectivity index is 2.80. The molecule has 1 atom stereocenters. The molecule has 0 aliphatic carbocycles.